The molecule has 0 aromatic rings. The summed E-state index contributed by atoms with van der Waals surface area (Å²) in [5.74, 6) is 0. The molecule has 38 valence electrons. The van der Waals surface area contributed by atoms with Crippen LogP contribution in [0.1, 0.15) is 20.8 Å². The molecular weight excluding hydrogens is 74.1 g/mol. The molecule has 0 spiro atoms. The Bertz CT molecular complexity index is 19.1. The summed E-state index contributed by atoms with van der Waals surface area (Å²) in [5, 5.41) is 0. The Morgan fingerprint density at radius 1 is 1.33 bits per heavy atom. The lowest BCUT2D eigenvalue weighted by atomic mass is 10.7. The summed E-state index contributed by atoms with van der Waals surface area (Å²) in [4.78, 5) is 0. The lowest BCUT2D eigenvalue weighted by Gasteiger charge is -1.53. The van der Waals surface area contributed by atoms with E-state index >= 15 is 0 Å². The third kappa shape index (κ3) is 78.3. The molecule has 6 heavy (non-hydrogen) atoms. The minimum absolute atomic E-state index is 1.50. The Morgan fingerprint density at radius 2 is 1.50 bits per heavy atom. The van der Waals surface area contributed by atoms with Crippen molar-refractivity contribution in [3.05, 3.63) is 12.3 Å². The van der Waals surface area contributed by atoms with Crippen molar-refractivity contribution in [2.75, 3.05) is 0 Å². The summed E-state index contributed by atoms with van der Waals surface area (Å²) in [7, 11) is 0. The third-order valence-electron chi connectivity index (χ3n) is 0.192. The molecule has 0 saturated heterocycles. The van der Waals surface area contributed by atoms with Gasteiger partial charge in [0.15, 0.2) is 0 Å². The Labute approximate surface area is 39.9 Å². The maximum Gasteiger partial charge on any atom is -0.0106 e. The Kier molecular flexibility index (Phi) is 36.4. The minimum atomic E-state index is 1.50. The Hall–Kier alpha value is -0.460. The van der Waals surface area contributed by atoms with Crippen LogP contribution in [0.25, 0.3) is 0 Å². The lowest BCUT2D eigenvalue weighted by Crippen LogP contribution is -1.70. The van der Waals surface area contributed by atoms with Gasteiger partial charge in [-0.2, -0.15) is 0 Å². The van der Waals surface area contributed by atoms with Crippen molar-refractivity contribution in [3.63, 3.8) is 0 Å². The van der Waals surface area contributed by atoms with Crippen LogP contribution in [-0.2, 0) is 0 Å². The fourth-order valence-corrected chi connectivity index (χ4v) is 0. The van der Waals surface area contributed by atoms with E-state index < -0.39 is 0 Å². The highest BCUT2D eigenvalue weighted by atomic mass is 14.5. The first-order valence-corrected chi connectivity index (χ1v) is 2.24. The van der Waals surface area contributed by atoms with Gasteiger partial charge in [-0.3, -0.25) is 0 Å². The molecular formula is C5H13N. The van der Waals surface area contributed by atoms with Crippen LogP contribution in [-0.4, -0.2) is 0 Å². The quantitative estimate of drug-likeness (QED) is 0.476. The smallest absolute Gasteiger partial charge is 0.0106 e. The van der Waals surface area contributed by atoms with E-state index in [9.17, 15) is 0 Å². The normalized spacial score (nSPS) is 7.17. The molecule has 0 rings (SSSR count). The minimum Gasteiger partial charge on any atom is -0.405 e. The maximum absolute atomic E-state index is 4.85. The van der Waals surface area contributed by atoms with Gasteiger partial charge in [0.2, 0.25) is 0 Å². The third-order valence-corrected chi connectivity index (χ3v) is 0.192. The van der Waals surface area contributed by atoms with E-state index in [0.717, 1.165) is 0 Å². The van der Waals surface area contributed by atoms with Crippen molar-refractivity contribution < 1.29 is 0 Å². The molecule has 0 unspecified atom stereocenters. The Morgan fingerprint density at radius 3 is 1.50 bits per heavy atom. The standard InChI is InChI=1S/C3H7N.C2H6/c1-2-3-4;1-2/h2-3H,4H2,1H3;1-2H3/b3-2-;. The van der Waals surface area contributed by atoms with E-state index in [1.54, 1.807) is 6.08 Å². The van der Waals surface area contributed by atoms with E-state index in [1.165, 1.54) is 6.20 Å². The highest BCUT2D eigenvalue weighted by Crippen LogP contribution is 1.47. The van der Waals surface area contributed by atoms with E-state index in [4.69, 9.17) is 5.73 Å². The van der Waals surface area contributed by atoms with E-state index in [-0.39, 0.29) is 0 Å². The number of allylic oxidation sites excluding steroid dienone is 1. The van der Waals surface area contributed by atoms with Crippen molar-refractivity contribution >= 4 is 0 Å². The first-order chi connectivity index (χ1) is 2.91. The average molecular weight is 87.2 g/mol. The molecule has 0 aromatic carbocycles. The highest BCUT2D eigenvalue weighted by molar-refractivity contribution is 4.66. The SMILES string of the molecule is C/C=C\N.CC. The molecule has 0 bridgehead atoms. The van der Waals surface area contributed by atoms with Crippen molar-refractivity contribution in [1.82, 2.24) is 0 Å². The molecule has 0 fully saturated rings. The number of hydrogen-bond acceptors (Lipinski definition) is 1. The molecule has 0 aliphatic rings. The zero-order valence-corrected chi connectivity index (χ0v) is 4.73. The fraction of sp³-hybridized carbons (Fsp3) is 0.600. The van der Waals surface area contributed by atoms with Gasteiger partial charge in [0.1, 0.15) is 0 Å². The topological polar surface area (TPSA) is 26.0 Å². The molecule has 0 atom stereocenters. The van der Waals surface area contributed by atoms with Crippen LogP contribution in [0, 0.1) is 0 Å². The molecule has 0 saturated carbocycles. The number of hydrogen-bond donors (Lipinski definition) is 1. The summed E-state index contributed by atoms with van der Waals surface area (Å²) >= 11 is 0. The van der Waals surface area contributed by atoms with Crippen LogP contribution in [0.15, 0.2) is 12.3 Å². The molecule has 1 nitrogen and oxygen atoms in total. The Balaban J connectivity index is 0. The van der Waals surface area contributed by atoms with Gasteiger partial charge < -0.3 is 5.73 Å². The van der Waals surface area contributed by atoms with E-state index in [2.05, 4.69) is 0 Å². The van der Waals surface area contributed by atoms with Crippen LogP contribution < -0.4 is 5.73 Å². The van der Waals surface area contributed by atoms with Crippen LogP contribution in [0.4, 0.5) is 0 Å². The molecule has 0 aliphatic carbocycles. The predicted octanol–water partition coefficient (Wildman–Crippen LogP) is 1.50. The van der Waals surface area contributed by atoms with Crippen LogP contribution in [0.3, 0.4) is 0 Å². The fourth-order valence-electron chi connectivity index (χ4n) is 0. The van der Waals surface area contributed by atoms with Crippen molar-refractivity contribution in [1.29, 1.82) is 0 Å². The first-order valence-electron chi connectivity index (χ1n) is 2.24. The van der Waals surface area contributed by atoms with Crippen molar-refractivity contribution in [2.24, 2.45) is 5.73 Å². The average Bonchev–Trinajstić information content (AvgIpc) is 1.72. The monoisotopic (exact) mass is 87.1 g/mol. The molecule has 0 radical (unpaired) electrons. The summed E-state index contributed by atoms with van der Waals surface area (Å²) in [5.41, 5.74) is 4.85. The van der Waals surface area contributed by atoms with Crippen LogP contribution in [0.5, 0.6) is 0 Å². The van der Waals surface area contributed by atoms with Gasteiger partial charge in [-0.15, -0.1) is 0 Å². The second kappa shape index (κ2) is 24.0. The largest absolute Gasteiger partial charge is 0.405 e. The lowest BCUT2D eigenvalue weighted by molar-refractivity contribution is 1.50. The highest BCUT2D eigenvalue weighted by Gasteiger charge is 1.32. The summed E-state index contributed by atoms with van der Waals surface area (Å²) < 4.78 is 0. The number of nitrogens with two attached hydrogens (primary N) is 1. The first kappa shape index (κ1) is 9.11. The predicted molar refractivity (Wildman–Crippen MR) is 30.3 cm³/mol. The van der Waals surface area contributed by atoms with Gasteiger partial charge in [-0.25, -0.2) is 0 Å². The molecule has 0 aliphatic heterocycles. The summed E-state index contributed by atoms with van der Waals surface area (Å²) in [6.07, 6.45) is 3.28. The van der Waals surface area contributed by atoms with Gasteiger partial charge in [-0.1, -0.05) is 19.9 Å². The van der Waals surface area contributed by atoms with Crippen molar-refractivity contribution in [3.8, 4) is 0 Å². The second-order valence-corrected chi connectivity index (χ2v) is 0.526. The van der Waals surface area contributed by atoms with Gasteiger partial charge in [-0.05, 0) is 13.1 Å². The van der Waals surface area contributed by atoms with Gasteiger partial charge in [0, 0.05) is 0 Å². The molecule has 2 N–H and O–H groups in total. The van der Waals surface area contributed by atoms with Gasteiger partial charge in [0.05, 0.1) is 0 Å². The molecule has 0 aromatic heterocycles. The van der Waals surface area contributed by atoms with Crippen molar-refractivity contribution in [2.45, 2.75) is 20.8 Å². The van der Waals surface area contributed by atoms with E-state index in [0.29, 0.717) is 0 Å². The van der Waals surface area contributed by atoms with Crippen LogP contribution in [0.2, 0.25) is 0 Å². The van der Waals surface area contributed by atoms with Gasteiger partial charge in [0.25, 0.3) is 0 Å². The molecule has 0 amide bonds. The molecule has 1 heteroatoms. The summed E-state index contributed by atoms with van der Waals surface area (Å²) in [6.45, 7) is 5.88. The maximum atomic E-state index is 4.85. The zero-order chi connectivity index (χ0) is 5.41. The van der Waals surface area contributed by atoms with Gasteiger partial charge >= 0.3 is 0 Å². The van der Waals surface area contributed by atoms with Crippen LogP contribution >= 0.6 is 0 Å². The number of rotatable bonds is 0. The summed E-state index contributed by atoms with van der Waals surface area (Å²) in [6, 6.07) is 0. The zero-order valence-electron chi connectivity index (χ0n) is 4.73. The van der Waals surface area contributed by atoms with E-state index in [1.807, 2.05) is 20.8 Å². The molecule has 0 heterocycles. The second-order valence-electron chi connectivity index (χ2n) is 0.526.